The van der Waals surface area contributed by atoms with Crippen molar-refractivity contribution in [3.8, 4) is 0 Å². The number of fused-ring (bicyclic) bond motifs is 1. The summed E-state index contributed by atoms with van der Waals surface area (Å²) in [5, 5.41) is 2.97. The molecule has 3 rings (SSSR count). The van der Waals surface area contributed by atoms with Crippen LogP contribution in [0.1, 0.15) is 18.4 Å². The number of hydrogen-bond acceptors (Lipinski definition) is 4. The summed E-state index contributed by atoms with van der Waals surface area (Å²) in [6, 6.07) is 15.5. The van der Waals surface area contributed by atoms with E-state index >= 15 is 0 Å². The van der Waals surface area contributed by atoms with Gasteiger partial charge in [0.1, 0.15) is 5.52 Å². The van der Waals surface area contributed by atoms with Crippen LogP contribution in [-0.2, 0) is 17.8 Å². The molecule has 2 aromatic carbocycles. The van der Waals surface area contributed by atoms with E-state index in [0.717, 1.165) is 28.8 Å². The normalized spacial score (nSPS) is 11.1. The van der Waals surface area contributed by atoms with Crippen molar-refractivity contribution in [2.45, 2.75) is 19.9 Å². The molecule has 1 amide bonds. The smallest absolute Gasteiger partial charge is 0.238 e. The predicted molar refractivity (Wildman–Crippen MR) is 94.8 cm³/mol. The molecule has 0 atom stereocenters. The largest absolute Gasteiger partial charge is 0.439 e. The lowest BCUT2D eigenvalue weighted by molar-refractivity contribution is -0.117. The highest BCUT2D eigenvalue weighted by Crippen LogP contribution is 2.17. The quantitative estimate of drug-likeness (QED) is 0.755. The van der Waals surface area contributed by atoms with E-state index < -0.39 is 0 Å². The summed E-state index contributed by atoms with van der Waals surface area (Å²) in [6.07, 6.45) is 0.884. The second-order valence-corrected chi connectivity index (χ2v) is 5.81. The van der Waals surface area contributed by atoms with Crippen LogP contribution in [0.25, 0.3) is 11.1 Å². The number of carbonyl (C=O) groups excluding carboxylic acids is 1. The van der Waals surface area contributed by atoms with E-state index in [0.29, 0.717) is 12.4 Å². The number of aryl methyl sites for hydroxylation is 1. The maximum Gasteiger partial charge on any atom is 0.238 e. The van der Waals surface area contributed by atoms with Crippen LogP contribution >= 0.6 is 0 Å². The fourth-order valence-electron chi connectivity index (χ4n) is 2.66. The second-order valence-electron chi connectivity index (χ2n) is 5.81. The van der Waals surface area contributed by atoms with Crippen LogP contribution in [0.5, 0.6) is 0 Å². The van der Waals surface area contributed by atoms with Crippen LogP contribution in [0.15, 0.2) is 52.9 Å². The number of hydrogen-bond donors (Lipinski definition) is 1. The lowest BCUT2D eigenvalue weighted by atomic mass is 10.1. The van der Waals surface area contributed by atoms with Gasteiger partial charge in [-0.3, -0.25) is 9.69 Å². The average molecular weight is 323 g/mol. The van der Waals surface area contributed by atoms with Crippen molar-refractivity contribution >= 4 is 22.7 Å². The van der Waals surface area contributed by atoms with E-state index in [1.165, 1.54) is 0 Å². The van der Waals surface area contributed by atoms with Crippen LogP contribution in [-0.4, -0.2) is 29.4 Å². The van der Waals surface area contributed by atoms with Crippen LogP contribution in [0.2, 0.25) is 0 Å². The molecule has 0 saturated carbocycles. The Labute approximate surface area is 141 Å². The number of oxazole rings is 1. The van der Waals surface area contributed by atoms with Gasteiger partial charge in [-0.1, -0.05) is 37.3 Å². The van der Waals surface area contributed by atoms with Crippen LogP contribution in [0, 0.1) is 0 Å². The Morgan fingerprint density at radius 3 is 2.71 bits per heavy atom. The Balaban J connectivity index is 1.59. The fourth-order valence-corrected chi connectivity index (χ4v) is 2.66. The zero-order valence-corrected chi connectivity index (χ0v) is 14.0. The second kappa shape index (κ2) is 7.27. The maximum absolute atomic E-state index is 12.2. The van der Waals surface area contributed by atoms with Crippen molar-refractivity contribution < 1.29 is 9.21 Å². The van der Waals surface area contributed by atoms with E-state index in [4.69, 9.17) is 4.42 Å². The van der Waals surface area contributed by atoms with Gasteiger partial charge in [0, 0.05) is 5.69 Å². The molecule has 1 aromatic heterocycles. The van der Waals surface area contributed by atoms with Gasteiger partial charge in [0.2, 0.25) is 11.8 Å². The molecule has 0 aliphatic carbocycles. The van der Waals surface area contributed by atoms with Crippen LogP contribution in [0.4, 0.5) is 5.69 Å². The molecule has 5 nitrogen and oxygen atoms in total. The number of nitrogens with one attached hydrogen (secondary N) is 1. The van der Waals surface area contributed by atoms with Gasteiger partial charge in [0.05, 0.1) is 13.1 Å². The molecule has 5 heteroatoms. The van der Waals surface area contributed by atoms with Gasteiger partial charge >= 0.3 is 0 Å². The highest BCUT2D eigenvalue weighted by molar-refractivity contribution is 5.92. The zero-order valence-electron chi connectivity index (χ0n) is 14.0. The van der Waals surface area contributed by atoms with Gasteiger partial charge in [-0.15, -0.1) is 0 Å². The van der Waals surface area contributed by atoms with Crippen molar-refractivity contribution in [3.63, 3.8) is 0 Å². The molecule has 0 saturated heterocycles. The van der Waals surface area contributed by atoms with Gasteiger partial charge < -0.3 is 9.73 Å². The first-order valence-electron chi connectivity index (χ1n) is 8.06. The molecule has 124 valence electrons. The SMILES string of the molecule is CCc1ccccc1NC(=O)CN(C)Cc1nc2ccccc2o1. The molecule has 0 radical (unpaired) electrons. The van der Waals surface area contributed by atoms with E-state index in [-0.39, 0.29) is 12.5 Å². The van der Waals surface area contributed by atoms with Gasteiger partial charge in [-0.25, -0.2) is 4.98 Å². The summed E-state index contributed by atoms with van der Waals surface area (Å²) in [6.45, 7) is 2.83. The summed E-state index contributed by atoms with van der Waals surface area (Å²) < 4.78 is 5.69. The standard InChI is InChI=1S/C19H21N3O2/c1-3-14-8-4-5-9-15(14)20-18(23)12-22(2)13-19-21-16-10-6-7-11-17(16)24-19/h4-11H,3,12-13H2,1-2H3,(H,20,23). The van der Waals surface area contributed by atoms with Gasteiger partial charge in [-0.2, -0.15) is 0 Å². The Kier molecular flexibility index (Phi) is 4.91. The van der Waals surface area contributed by atoms with Crippen molar-refractivity contribution in [1.82, 2.24) is 9.88 Å². The van der Waals surface area contributed by atoms with Gasteiger partial charge in [-0.05, 0) is 37.2 Å². The number of aromatic nitrogens is 1. The average Bonchev–Trinajstić information content (AvgIpc) is 2.97. The number of likely N-dealkylation sites (N-methyl/N-ethyl adjacent to an activating group) is 1. The number of anilines is 1. The Bertz CT molecular complexity index is 808. The minimum Gasteiger partial charge on any atom is -0.439 e. The van der Waals surface area contributed by atoms with Crippen LogP contribution in [0.3, 0.4) is 0 Å². The van der Waals surface area contributed by atoms with Crippen LogP contribution < -0.4 is 5.32 Å². The third kappa shape index (κ3) is 3.81. The van der Waals surface area contributed by atoms with E-state index in [2.05, 4.69) is 17.2 Å². The lowest BCUT2D eigenvalue weighted by Crippen LogP contribution is -2.30. The molecule has 1 heterocycles. The minimum absolute atomic E-state index is 0.0467. The molecule has 0 aliphatic rings. The Morgan fingerprint density at radius 2 is 1.92 bits per heavy atom. The predicted octanol–water partition coefficient (Wildman–Crippen LogP) is 3.46. The van der Waals surface area contributed by atoms with Crippen molar-refractivity contribution in [3.05, 3.63) is 60.0 Å². The highest BCUT2D eigenvalue weighted by atomic mass is 16.3. The molecule has 24 heavy (non-hydrogen) atoms. The molecular formula is C19H21N3O2. The monoisotopic (exact) mass is 323 g/mol. The maximum atomic E-state index is 12.2. The van der Waals surface area contributed by atoms with E-state index in [1.807, 2.05) is 60.5 Å². The highest BCUT2D eigenvalue weighted by Gasteiger charge is 2.12. The number of para-hydroxylation sites is 3. The summed E-state index contributed by atoms with van der Waals surface area (Å²) in [4.78, 5) is 18.6. The number of carbonyl (C=O) groups is 1. The van der Waals surface area contributed by atoms with Gasteiger partial charge in [0.25, 0.3) is 0 Å². The molecule has 0 fully saturated rings. The Hall–Kier alpha value is -2.66. The summed E-state index contributed by atoms with van der Waals surface area (Å²) in [7, 11) is 1.88. The molecular weight excluding hydrogens is 302 g/mol. The van der Waals surface area contributed by atoms with E-state index in [1.54, 1.807) is 0 Å². The first kappa shape index (κ1) is 16.2. The van der Waals surface area contributed by atoms with Crippen molar-refractivity contribution in [1.29, 1.82) is 0 Å². The number of amides is 1. The number of rotatable bonds is 6. The minimum atomic E-state index is -0.0467. The molecule has 0 unspecified atom stereocenters. The van der Waals surface area contributed by atoms with Gasteiger partial charge in [0.15, 0.2) is 5.58 Å². The summed E-state index contributed by atoms with van der Waals surface area (Å²) >= 11 is 0. The number of nitrogens with zero attached hydrogens (tertiary/aromatic N) is 2. The zero-order chi connectivity index (χ0) is 16.9. The first-order chi connectivity index (χ1) is 11.7. The number of benzene rings is 2. The fraction of sp³-hybridized carbons (Fsp3) is 0.263. The molecule has 3 aromatic rings. The molecule has 0 spiro atoms. The molecule has 0 aliphatic heterocycles. The third-order valence-electron chi connectivity index (χ3n) is 3.83. The summed E-state index contributed by atoms with van der Waals surface area (Å²) in [5.41, 5.74) is 3.61. The topological polar surface area (TPSA) is 58.4 Å². The summed E-state index contributed by atoms with van der Waals surface area (Å²) in [5.74, 6) is 0.565. The van der Waals surface area contributed by atoms with E-state index in [9.17, 15) is 4.79 Å². The molecule has 0 bridgehead atoms. The molecule has 1 N–H and O–H groups in total. The first-order valence-corrected chi connectivity index (χ1v) is 8.06. The van der Waals surface area contributed by atoms with Crippen molar-refractivity contribution in [2.24, 2.45) is 0 Å². The van der Waals surface area contributed by atoms with Crippen molar-refractivity contribution in [2.75, 3.05) is 18.9 Å². The third-order valence-corrected chi connectivity index (χ3v) is 3.83. The Morgan fingerprint density at radius 1 is 1.17 bits per heavy atom. The lowest BCUT2D eigenvalue weighted by Gasteiger charge is -2.15.